The number of benzene rings is 2. The molecule has 0 atom stereocenters. The Morgan fingerprint density at radius 1 is 1.00 bits per heavy atom. The van der Waals surface area contributed by atoms with E-state index in [0.717, 1.165) is 22.1 Å². The second-order valence-corrected chi connectivity index (χ2v) is 4.76. The zero-order chi connectivity index (χ0) is 14.2. The van der Waals surface area contributed by atoms with Crippen LogP contribution >= 0.6 is 0 Å². The summed E-state index contributed by atoms with van der Waals surface area (Å²) in [4.78, 5) is 0. The summed E-state index contributed by atoms with van der Waals surface area (Å²) in [6, 6.07) is 15.6. The van der Waals surface area contributed by atoms with Crippen molar-refractivity contribution in [2.75, 3.05) is 0 Å². The summed E-state index contributed by atoms with van der Waals surface area (Å²) >= 11 is 0. The highest BCUT2D eigenvalue weighted by molar-refractivity contribution is 5.96. The number of aryl methyl sites for hydroxylation is 1. The minimum absolute atomic E-state index is 0.482. The van der Waals surface area contributed by atoms with Crippen LogP contribution in [0.3, 0.4) is 0 Å². The van der Waals surface area contributed by atoms with Crippen molar-refractivity contribution in [2.24, 2.45) is 0 Å². The van der Waals surface area contributed by atoms with Crippen LogP contribution in [0, 0.1) is 6.92 Å². The third-order valence-corrected chi connectivity index (χ3v) is 3.24. The molecule has 0 spiro atoms. The molecule has 102 valence electrons. The van der Waals surface area contributed by atoms with Gasteiger partial charge in [0.1, 0.15) is 5.75 Å². The largest absolute Gasteiger partial charge is 0.437 e. The smallest absolute Gasteiger partial charge is 0.247 e. The van der Waals surface area contributed by atoms with E-state index in [1.54, 1.807) is 0 Å². The van der Waals surface area contributed by atoms with Crippen molar-refractivity contribution in [3.8, 4) is 11.6 Å². The zero-order valence-corrected chi connectivity index (χ0v) is 11.3. The lowest BCUT2D eigenvalue weighted by Crippen LogP contribution is -1.99. The third-order valence-electron chi connectivity index (χ3n) is 3.24. The van der Waals surface area contributed by atoms with E-state index < -0.39 is 0 Å². The molecule has 0 saturated heterocycles. The summed E-state index contributed by atoms with van der Waals surface area (Å²) in [5.74, 6) is 1.22. The molecular formula is C15H11N5O. The number of hydrogen-bond donors (Lipinski definition) is 0. The molecule has 21 heavy (non-hydrogen) atoms. The molecule has 4 aromatic rings. The summed E-state index contributed by atoms with van der Waals surface area (Å²) in [6.45, 7) is 2.02. The van der Waals surface area contributed by atoms with Crippen molar-refractivity contribution >= 4 is 16.4 Å². The molecule has 2 aromatic carbocycles. The van der Waals surface area contributed by atoms with Crippen LogP contribution in [0.15, 0.2) is 48.5 Å². The molecule has 6 heteroatoms. The lowest BCUT2D eigenvalue weighted by atomic mass is 10.2. The average Bonchev–Trinajstić information content (AvgIpc) is 2.96. The predicted molar refractivity (Wildman–Crippen MR) is 77.3 cm³/mol. The van der Waals surface area contributed by atoms with Crippen LogP contribution in [0.25, 0.3) is 16.4 Å². The molecule has 0 fully saturated rings. The summed E-state index contributed by atoms with van der Waals surface area (Å²) in [7, 11) is 0. The van der Waals surface area contributed by atoms with Gasteiger partial charge in [-0.3, -0.25) is 0 Å². The Morgan fingerprint density at radius 3 is 2.71 bits per heavy atom. The van der Waals surface area contributed by atoms with E-state index in [0.29, 0.717) is 11.5 Å². The van der Waals surface area contributed by atoms with Crippen molar-refractivity contribution in [3.63, 3.8) is 0 Å². The van der Waals surface area contributed by atoms with Crippen molar-refractivity contribution in [3.05, 3.63) is 54.1 Å². The fraction of sp³-hybridized carbons (Fsp3) is 0.0667. The summed E-state index contributed by atoms with van der Waals surface area (Å²) in [6.07, 6.45) is 0. The molecule has 6 nitrogen and oxygen atoms in total. The van der Waals surface area contributed by atoms with Gasteiger partial charge in [0.2, 0.25) is 11.5 Å². The van der Waals surface area contributed by atoms with Gasteiger partial charge in [-0.2, -0.15) is 0 Å². The fourth-order valence-electron chi connectivity index (χ4n) is 2.28. The molecule has 0 aliphatic rings. The maximum atomic E-state index is 5.92. The van der Waals surface area contributed by atoms with Gasteiger partial charge in [-0.1, -0.05) is 30.3 Å². The Hall–Kier alpha value is -3.02. The standard InChI is InChI=1S/C15H11N5O/c1-10-5-4-6-11(9-10)21-15-13-8-3-2-7-12(13)14-16-18-19-20(14)17-15/h2-9H,1H3. The van der Waals surface area contributed by atoms with E-state index in [4.69, 9.17) is 4.74 Å². The number of rotatable bonds is 2. The quantitative estimate of drug-likeness (QED) is 0.563. The Balaban J connectivity index is 1.93. The first kappa shape index (κ1) is 11.8. The Kier molecular flexibility index (Phi) is 2.53. The second-order valence-electron chi connectivity index (χ2n) is 4.76. The molecule has 0 radical (unpaired) electrons. The van der Waals surface area contributed by atoms with Crippen molar-refractivity contribution in [2.45, 2.75) is 6.92 Å². The van der Waals surface area contributed by atoms with Crippen LogP contribution in [0.2, 0.25) is 0 Å². The average molecular weight is 277 g/mol. The van der Waals surface area contributed by atoms with Crippen LogP contribution in [0.5, 0.6) is 11.6 Å². The monoisotopic (exact) mass is 277 g/mol. The fourth-order valence-corrected chi connectivity index (χ4v) is 2.28. The zero-order valence-electron chi connectivity index (χ0n) is 11.3. The highest BCUT2D eigenvalue weighted by Gasteiger charge is 2.12. The van der Waals surface area contributed by atoms with Crippen LogP contribution < -0.4 is 4.74 Å². The second kappa shape index (κ2) is 4.52. The maximum absolute atomic E-state index is 5.92. The molecule has 0 amide bonds. The van der Waals surface area contributed by atoms with E-state index in [-0.39, 0.29) is 0 Å². The molecule has 0 aliphatic carbocycles. The molecule has 2 heterocycles. The number of ether oxygens (including phenoxy) is 1. The van der Waals surface area contributed by atoms with Crippen LogP contribution in [0.4, 0.5) is 0 Å². The normalized spacial score (nSPS) is 11.1. The molecular weight excluding hydrogens is 266 g/mol. The Labute approximate surface area is 120 Å². The van der Waals surface area contributed by atoms with E-state index in [9.17, 15) is 0 Å². The first-order valence-electron chi connectivity index (χ1n) is 6.53. The van der Waals surface area contributed by atoms with Gasteiger partial charge >= 0.3 is 0 Å². The first-order chi connectivity index (χ1) is 10.3. The van der Waals surface area contributed by atoms with Gasteiger partial charge in [0.15, 0.2) is 0 Å². The summed E-state index contributed by atoms with van der Waals surface area (Å²) in [5.41, 5.74) is 1.74. The highest BCUT2D eigenvalue weighted by Crippen LogP contribution is 2.29. The van der Waals surface area contributed by atoms with Crippen molar-refractivity contribution in [1.82, 2.24) is 25.3 Å². The minimum atomic E-state index is 0.482. The molecule has 2 aromatic heterocycles. The highest BCUT2D eigenvalue weighted by atomic mass is 16.5. The number of aromatic nitrogens is 5. The van der Waals surface area contributed by atoms with Gasteiger partial charge in [0.05, 0.1) is 0 Å². The van der Waals surface area contributed by atoms with Crippen molar-refractivity contribution in [1.29, 1.82) is 0 Å². The van der Waals surface area contributed by atoms with Crippen LogP contribution in [0.1, 0.15) is 5.56 Å². The molecule has 0 bridgehead atoms. The number of hydrogen-bond acceptors (Lipinski definition) is 5. The maximum Gasteiger partial charge on any atom is 0.247 e. The van der Waals surface area contributed by atoms with Crippen LogP contribution in [-0.2, 0) is 0 Å². The lowest BCUT2D eigenvalue weighted by molar-refractivity contribution is 0.453. The van der Waals surface area contributed by atoms with Crippen molar-refractivity contribution < 1.29 is 4.74 Å². The third kappa shape index (κ3) is 1.97. The number of fused-ring (bicyclic) bond motifs is 3. The summed E-state index contributed by atoms with van der Waals surface area (Å²) in [5, 5.41) is 17.6. The molecule has 0 aliphatic heterocycles. The Bertz CT molecular complexity index is 947. The van der Waals surface area contributed by atoms with Crippen LogP contribution in [-0.4, -0.2) is 25.3 Å². The lowest BCUT2D eigenvalue weighted by Gasteiger charge is -2.08. The van der Waals surface area contributed by atoms with E-state index in [1.165, 1.54) is 4.63 Å². The van der Waals surface area contributed by atoms with Gasteiger partial charge in [-0.25, -0.2) is 0 Å². The van der Waals surface area contributed by atoms with E-state index in [2.05, 4.69) is 20.6 Å². The summed E-state index contributed by atoms with van der Waals surface area (Å²) < 4.78 is 7.30. The van der Waals surface area contributed by atoms with Gasteiger partial charge in [0.25, 0.3) is 0 Å². The SMILES string of the molecule is Cc1cccc(Oc2nn3nnnc3c3ccccc23)c1. The van der Waals surface area contributed by atoms with E-state index >= 15 is 0 Å². The first-order valence-corrected chi connectivity index (χ1v) is 6.53. The van der Waals surface area contributed by atoms with E-state index in [1.807, 2.05) is 55.5 Å². The van der Waals surface area contributed by atoms with Gasteiger partial charge in [0, 0.05) is 10.8 Å². The topological polar surface area (TPSA) is 65.2 Å². The molecule has 0 unspecified atom stereocenters. The molecule has 0 N–H and O–H groups in total. The number of tetrazole rings is 1. The minimum Gasteiger partial charge on any atom is -0.437 e. The Morgan fingerprint density at radius 2 is 1.86 bits per heavy atom. The van der Waals surface area contributed by atoms with Gasteiger partial charge < -0.3 is 4.74 Å². The molecule has 4 rings (SSSR count). The van der Waals surface area contributed by atoms with Gasteiger partial charge in [-0.05, 0) is 41.1 Å². The molecule has 0 saturated carbocycles. The van der Waals surface area contributed by atoms with Gasteiger partial charge in [-0.15, -0.1) is 14.8 Å². The predicted octanol–water partition coefficient (Wildman–Crippen LogP) is 2.77. The number of nitrogens with zero attached hydrogens (tertiary/aromatic N) is 5.